The minimum Gasteiger partial charge on any atom is -0.440 e. The summed E-state index contributed by atoms with van der Waals surface area (Å²) in [5, 5.41) is 0. The SMILES string of the molecule is CC(N)C(=O)OC1(C#CC(C)(C)C)COC1. The second-order valence-corrected chi connectivity index (χ2v) is 5.20. The fourth-order valence-electron chi connectivity index (χ4n) is 1.03. The molecule has 1 rings (SSSR count). The Kier molecular flexibility index (Phi) is 3.61. The summed E-state index contributed by atoms with van der Waals surface area (Å²) in [6, 6.07) is -0.631. The number of ether oxygens (including phenoxy) is 2. The summed E-state index contributed by atoms with van der Waals surface area (Å²) in [5.41, 5.74) is 4.54. The highest BCUT2D eigenvalue weighted by Gasteiger charge is 2.42. The lowest BCUT2D eigenvalue weighted by Crippen LogP contribution is -2.53. The van der Waals surface area contributed by atoms with Gasteiger partial charge in [-0.25, -0.2) is 0 Å². The van der Waals surface area contributed by atoms with Crippen molar-refractivity contribution in [3.8, 4) is 11.8 Å². The lowest BCUT2D eigenvalue weighted by Gasteiger charge is -2.36. The molecular weight excluding hydrogens is 206 g/mol. The van der Waals surface area contributed by atoms with Gasteiger partial charge in [-0.2, -0.15) is 0 Å². The van der Waals surface area contributed by atoms with Crippen LogP contribution in [0, 0.1) is 17.3 Å². The number of hydrogen-bond acceptors (Lipinski definition) is 4. The minimum absolute atomic E-state index is 0.122. The topological polar surface area (TPSA) is 61.6 Å². The molecule has 4 nitrogen and oxygen atoms in total. The van der Waals surface area contributed by atoms with E-state index in [-0.39, 0.29) is 5.41 Å². The van der Waals surface area contributed by atoms with Gasteiger partial charge in [0, 0.05) is 5.41 Å². The molecule has 0 amide bonds. The van der Waals surface area contributed by atoms with Gasteiger partial charge >= 0.3 is 5.97 Å². The fraction of sp³-hybridized carbons (Fsp3) is 0.750. The van der Waals surface area contributed by atoms with Crippen LogP contribution in [0.4, 0.5) is 0 Å². The Labute approximate surface area is 96.5 Å². The summed E-state index contributed by atoms with van der Waals surface area (Å²) in [5.74, 6) is 5.61. The van der Waals surface area contributed by atoms with Crippen LogP contribution in [0.3, 0.4) is 0 Å². The molecule has 0 spiro atoms. The van der Waals surface area contributed by atoms with Crippen molar-refractivity contribution in [2.45, 2.75) is 39.3 Å². The first kappa shape index (κ1) is 13.0. The molecule has 0 bridgehead atoms. The van der Waals surface area contributed by atoms with Gasteiger partial charge in [0.05, 0.1) is 0 Å². The summed E-state index contributed by atoms with van der Waals surface area (Å²) in [6.45, 7) is 8.25. The molecule has 4 heteroatoms. The van der Waals surface area contributed by atoms with E-state index in [1.807, 2.05) is 20.8 Å². The van der Waals surface area contributed by atoms with Gasteiger partial charge in [-0.05, 0) is 33.6 Å². The van der Waals surface area contributed by atoms with Crippen LogP contribution in [0.15, 0.2) is 0 Å². The van der Waals surface area contributed by atoms with Gasteiger partial charge in [0.25, 0.3) is 0 Å². The fourth-order valence-corrected chi connectivity index (χ4v) is 1.03. The van der Waals surface area contributed by atoms with Gasteiger partial charge < -0.3 is 15.2 Å². The molecule has 1 aliphatic heterocycles. The van der Waals surface area contributed by atoms with E-state index in [4.69, 9.17) is 15.2 Å². The number of hydrogen-bond donors (Lipinski definition) is 1. The Morgan fingerprint density at radius 1 is 1.50 bits per heavy atom. The summed E-state index contributed by atoms with van der Waals surface area (Å²) < 4.78 is 10.3. The van der Waals surface area contributed by atoms with Gasteiger partial charge in [0.2, 0.25) is 5.60 Å². The smallest absolute Gasteiger partial charge is 0.324 e. The van der Waals surface area contributed by atoms with Crippen LogP contribution in [0.5, 0.6) is 0 Å². The van der Waals surface area contributed by atoms with Crippen molar-refractivity contribution >= 4 is 5.97 Å². The van der Waals surface area contributed by atoms with E-state index >= 15 is 0 Å². The van der Waals surface area contributed by atoms with E-state index in [2.05, 4.69) is 11.8 Å². The van der Waals surface area contributed by atoms with Crippen LogP contribution in [-0.4, -0.2) is 30.8 Å². The molecule has 1 unspecified atom stereocenters. The highest BCUT2D eigenvalue weighted by molar-refractivity contribution is 5.75. The molecule has 0 saturated carbocycles. The summed E-state index contributed by atoms with van der Waals surface area (Å²) >= 11 is 0. The molecule has 16 heavy (non-hydrogen) atoms. The van der Waals surface area contributed by atoms with Crippen LogP contribution < -0.4 is 5.73 Å². The molecule has 0 aromatic carbocycles. The van der Waals surface area contributed by atoms with Gasteiger partial charge in [-0.15, -0.1) is 0 Å². The standard InChI is InChI=1S/C12H19NO3/c1-9(13)10(14)16-12(7-15-8-12)6-5-11(2,3)4/h9H,7-8,13H2,1-4H3. The van der Waals surface area contributed by atoms with E-state index in [1.54, 1.807) is 6.92 Å². The molecule has 90 valence electrons. The third kappa shape index (κ3) is 3.51. The summed E-state index contributed by atoms with van der Waals surface area (Å²) in [7, 11) is 0. The molecule has 0 aromatic rings. The second-order valence-electron chi connectivity index (χ2n) is 5.20. The largest absolute Gasteiger partial charge is 0.440 e. The zero-order chi connectivity index (χ0) is 12.4. The van der Waals surface area contributed by atoms with Crippen molar-refractivity contribution in [2.24, 2.45) is 11.1 Å². The number of nitrogens with two attached hydrogens (primary N) is 1. The lowest BCUT2D eigenvalue weighted by atomic mass is 9.94. The molecule has 0 radical (unpaired) electrons. The van der Waals surface area contributed by atoms with E-state index < -0.39 is 17.6 Å². The van der Waals surface area contributed by atoms with Crippen LogP contribution in [-0.2, 0) is 14.3 Å². The number of carbonyl (C=O) groups excluding carboxylic acids is 1. The van der Waals surface area contributed by atoms with Gasteiger partial charge in [-0.1, -0.05) is 5.92 Å². The molecular formula is C12H19NO3. The molecule has 1 saturated heterocycles. The maximum Gasteiger partial charge on any atom is 0.324 e. The van der Waals surface area contributed by atoms with Crippen LogP contribution in [0.2, 0.25) is 0 Å². The van der Waals surface area contributed by atoms with Crippen molar-refractivity contribution in [3.63, 3.8) is 0 Å². The molecule has 1 fully saturated rings. The average molecular weight is 225 g/mol. The predicted octanol–water partition coefficient (Wildman–Crippen LogP) is 0.695. The first-order valence-corrected chi connectivity index (χ1v) is 5.35. The first-order chi connectivity index (χ1) is 7.24. The van der Waals surface area contributed by atoms with E-state index in [9.17, 15) is 4.79 Å². The van der Waals surface area contributed by atoms with Crippen molar-refractivity contribution in [1.29, 1.82) is 0 Å². The Hall–Kier alpha value is -1.05. The van der Waals surface area contributed by atoms with E-state index in [1.165, 1.54) is 0 Å². The number of carbonyl (C=O) groups is 1. The minimum atomic E-state index is -0.780. The lowest BCUT2D eigenvalue weighted by molar-refractivity contribution is -0.193. The Morgan fingerprint density at radius 3 is 2.38 bits per heavy atom. The molecule has 0 aliphatic carbocycles. The second kappa shape index (κ2) is 4.44. The monoisotopic (exact) mass is 225 g/mol. The third-order valence-corrected chi connectivity index (χ3v) is 2.00. The third-order valence-electron chi connectivity index (χ3n) is 2.00. The van der Waals surface area contributed by atoms with Crippen LogP contribution in [0.1, 0.15) is 27.7 Å². The van der Waals surface area contributed by atoms with Crippen molar-refractivity contribution in [2.75, 3.05) is 13.2 Å². The molecule has 1 atom stereocenters. The van der Waals surface area contributed by atoms with E-state index in [0.29, 0.717) is 13.2 Å². The normalized spacial score (nSPS) is 20.1. The van der Waals surface area contributed by atoms with Gasteiger partial charge in [-0.3, -0.25) is 4.79 Å². The number of rotatable bonds is 2. The average Bonchev–Trinajstić information content (AvgIpc) is 2.07. The van der Waals surface area contributed by atoms with Crippen molar-refractivity contribution < 1.29 is 14.3 Å². The molecule has 1 heterocycles. The Balaban J connectivity index is 2.71. The number of esters is 1. The van der Waals surface area contributed by atoms with Gasteiger partial charge in [0.15, 0.2) is 0 Å². The van der Waals surface area contributed by atoms with E-state index in [0.717, 1.165) is 0 Å². The first-order valence-electron chi connectivity index (χ1n) is 5.35. The zero-order valence-electron chi connectivity index (χ0n) is 10.3. The zero-order valence-corrected chi connectivity index (χ0v) is 10.3. The highest BCUT2D eigenvalue weighted by atomic mass is 16.6. The van der Waals surface area contributed by atoms with Crippen molar-refractivity contribution in [1.82, 2.24) is 0 Å². The Morgan fingerprint density at radius 2 is 2.06 bits per heavy atom. The quantitative estimate of drug-likeness (QED) is 0.555. The maximum atomic E-state index is 11.4. The van der Waals surface area contributed by atoms with Crippen LogP contribution >= 0.6 is 0 Å². The van der Waals surface area contributed by atoms with Crippen molar-refractivity contribution in [3.05, 3.63) is 0 Å². The predicted molar refractivity (Wildman–Crippen MR) is 60.5 cm³/mol. The molecule has 2 N–H and O–H groups in total. The maximum absolute atomic E-state index is 11.4. The highest BCUT2D eigenvalue weighted by Crippen LogP contribution is 2.23. The molecule has 1 aliphatic rings. The Bertz CT molecular complexity index is 326. The molecule has 0 aromatic heterocycles. The van der Waals surface area contributed by atoms with Gasteiger partial charge in [0.1, 0.15) is 19.3 Å². The summed E-state index contributed by atoms with van der Waals surface area (Å²) in [6.07, 6.45) is 0. The summed E-state index contributed by atoms with van der Waals surface area (Å²) in [4.78, 5) is 11.4. The van der Waals surface area contributed by atoms with Crippen LogP contribution in [0.25, 0.3) is 0 Å².